The predicted molar refractivity (Wildman–Crippen MR) is 69.4 cm³/mol. The van der Waals surface area contributed by atoms with E-state index in [1.807, 2.05) is 0 Å². The molecule has 0 aromatic rings. The first-order chi connectivity index (χ1) is 7.29. The van der Waals surface area contributed by atoms with Gasteiger partial charge in [-0.15, -0.1) is 0 Å². The summed E-state index contributed by atoms with van der Waals surface area (Å²) in [5.74, 6) is 0. The van der Waals surface area contributed by atoms with E-state index in [9.17, 15) is 0 Å². The van der Waals surface area contributed by atoms with Gasteiger partial charge in [0, 0.05) is 12.6 Å². The number of unbranched alkanes of at least 4 members (excludes halogenated alkanes) is 1. The Bertz CT molecular complexity index is 126. The van der Waals surface area contributed by atoms with Crippen molar-refractivity contribution in [2.75, 3.05) is 26.2 Å². The molecule has 15 heavy (non-hydrogen) atoms. The highest BCUT2D eigenvalue weighted by Gasteiger charge is 2.13. The van der Waals surface area contributed by atoms with Gasteiger partial charge < -0.3 is 5.32 Å². The van der Waals surface area contributed by atoms with E-state index in [0.29, 0.717) is 0 Å². The van der Waals surface area contributed by atoms with Crippen LogP contribution in [0, 0.1) is 0 Å². The average molecular weight is 214 g/mol. The molecule has 0 aliphatic rings. The molecule has 0 heterocycles. The lowest BCUT2D eigenvalue weighted by molar-refractivity contribution is 0.193. The average Bonchev–Trinajstić information content (AvgIpc) is 2.27. The number of hydrogen-bond acceptors (Lipinski definition) is 2. The summed E-state index contributed by atoms with van der Waals surface area (Å²) in [6, 6.07) is 0.730. The molecule has 92 valence electrons. The molecule has 0 rings (SSSR count). The summed E-state index contributed by atoms with van der Waals surface area (Å²) in [5, 5.41) is 3.54. The maximum Gasteiger partial charge on any atom is 0.0217 e. The molecule has 0 amide bonds. The molecule has 0 aromatic carbocycles. The van der Waals surface area contributed by atoms with Crippen molar-refractivity contribution in [3.05, 3.63) is 0 Å². The Labute approximate surface area is 96.4 Å². The predicted octanol–water partition coefficient (Wildman–Crippen LogP) is 2.89. The highest BCUT2D eigenvalue weighted by molar-refractivity contribution is 4.71. The van der Waals surface area contributed by atoms with Crippen LogP contribution in [-0.4, -0.2) is 37.1 Å². The number of rotatable bonds is 10. The van der Waals surface area contributed by atoms with Crippen LogP contribution < -0.4 is 5.32 Å². The molecule has 0 bridgehead atoms. The molecule has 2 nitrogen and oxygen atoms in total. The van der Waals surface area contributed by atoms with Crippen molar-refractivity contribution >= 4 is 0 Å². The van der Waals surface area contributed by atoms with Crippen molar-refractivity contribution in [1.82, 2.24) is 10.2 Å². The standard InChI is InChI=1S/C13H30N2/c1-5-9-11-15(8-4)13(7-3)12-14-10-6-2/h13-14H,5-12H2,1-4H3. The van der Waals surface area contributed by atoms with E-state index in [4.69, 9.17) is 0 Å². The minimum absolute atomic E-state index is 0.730. The number of hydrogen-bond donors (Lipinski definition) is 1. The van der Waals surface area contributed by atoms with Crippen LogP contribution >= 0.6 is 0 Å². The van der Waals surface area contributed by atoms with Gasteiger partial charge in [0.1, 0.15) is 0 Å². The van der Waals surface area contributed by atoms with E-state index < -0.39 is 0 Å². The topological polar surface area (TPSA) is 15.3 Å². The van der Waals surface area contributed by atoms with Crippen LogP contribution in [0.25, 0.3) is 0 Å². The lowest BCUT2D eigenvalue weighted by Crippen LogP contribution is -2.42. The first kappa shape index (κ1) is 14.9. The van der Waals surface area contributed by atoms with Crippen molar-refractivity contribution in [2.24, 2.45) is 0 Å². The van der Waals surface area contributed by atoms with E-state index >= 15 is 0 Å². The Balaban J connectivity index is 3.85. The van der Waals surface area contributed by atoms with Crippen LogP contribution in [0.3, 0.4) is 0 Å². The molecule has 0 spiro atoms. The maximum absolute atomic E-state index is 3.54. The Kier molecular flexibility index (Phi) is 10.4. The molecule has 0 saturated heterocycles. The summed E-state index contributed by atoms with van der Waals surface area (Å²) >= 11 is 0. The van der Waals surface area contributed by atoms with Gasteiger partial charge in [0.15, 0.2) is 0 Å². The van der Waals surface area contributed by atoms with E-state index in [2.05, 4.69) is 37.9 Å². The fraction of sp³-hybridized carbons (Fsp3) is 1.00. The highest BCUT2D eigenvalue weighted by Crippen LogP contribution is 2.05. The molecular formula is C13H30N2. The third-order valence-electron chi connectivity index (χ3n) is 3.00. The van der Waals surface area contributed by atoms with Crippen molar-refractivity contribution < 1.29 is 0 Å². The number of likely N-dealkylation sites (N-methyl/N-ethyl adjacent to an activating group) is 1. The van der Waals surface area contributed by atoms with Gasteiger partial charge in [-0.3, -0.25) is 4.90 Å². The van der Waals surface area contributed by atoms with E-state index in [1.54, 1.807) is 0 Å². The molecule has 0 saturated carbocycles. The molecule has 1 unspecified atom stereocenters. The Morgan fingerprint density at radius 2 is 1.80 bits per heavy atom. The second-order valence-corrected chi connectivity index (χ2v) is 4.25. The third-order valence-corrected chi connectivity index (χ3v) is 3.00. The zero-order chi connectivity index (χ0) is 11.5. The quantitative estimate of drug-likeness (QED) is 0.563. The molecule has 1 N–H and O–H groups in total. The fourth-order valence-electron chi connectivity index (χ4n) is 1.94. The second kappa shape index (κ2) is 10.4. The molecule has 0 aliphatic heterocycles. The van der Waals surface area contributed by atoms with Crippen molar-refractivity contribution in [3.8, 4) is 0 Å². The molecule has 0 fully saturated rings. The van der Waals surface area contributed by atoms with Crippen molar-refractivity contribution in [3.63, 3.8) is 0 Å². The minimum atomic E-state index is 0.730. The lowest BCUT2D eigenvalue weighted by atomic mass is 10.1. The molecule has 1 atom stereocenters. The van der Waals surface area contributed by atoms with Crippen LogP contribution in [0.15, 0.2) is 0 Å². The van der Waals surface area contributed by atoms with Crippen molar-refractivity contribution in [1.29, 1.82) is 0 Å². The van der Waals surface area contributed by atoms with Gasteiger partial charge in [-0.05, 0) is 38.9 Å². The van der Waals surface area contributed by atoms with Crippen LogP contribution in [0.5, 0.6) is 0 Å². The fourth-order valence-corrected chi connectivity index (χ4v) is 1.94. The SMILES string of the molecule is CCCCN(CC)C(CC)CNCCC. The normalized spacial score (nSPS) is 13.4. The summed E-state index contributed by atoms with van der Waals surface area (Å²) in [5.41, 5.74) is 0. The van der Waals surface area contributed by atoms with Gasteiger partial charge in [-0.25, -0.2) is 0 Å². The summed E-state index contributed by atoms with van der Waals surface area (Å²) in [6.07, 6.45) is 5.12. The lowest BCUT2D eigenvalue weighted by Gasteiger charge is -2.30. The van der Waals surface area contributed by atoms with E-state index in [0.717, 1.165) is 19.1 Å². The highest BCUT2D eigenvalue weighted by atomic mass is 15.2. The van der Waals surface area contributed by atoms with Gasteiger partial charge in [0.05, 0.1) is 0 Å². The Morgan fingerprint density at radius 3 is 2.27 bits per heavy atom. The minimum Gasteiger partial charge on any atom is -0.315 e. The van der Waals surface area contributed by atoms with Gasteiger partial charge >= 0.3 is 0 Å². The molecule has 2 heteroatoms. The zero-order valence-electron chi connectivity index (χ0n) is 11.2. The monoisotopic (exact) mass is 214 g/mol. The first-order valence-corrected chi connectivity index (χ1v) is 6.74. The molecular weight excluding hydrogens is 184 g/mol. The Hall–Kier alpha value is -0.0800. The summed E-state index contributed by atoms with van der Waals surface area (Å²) in [7, 11) is 0. The van der Waals surface area contributed by atoms with Crippen LogP contribution in [0.4, 0.5) is 0 Å². The smallest absolute Gasteiger partial charge is 0.0217 e. The van der Waals surface area contributed by atoms with Crippen LogP contribution in [0.1, 0.15) is 53.4 Å². The van der Waals surface area contributed by atoms with Gasteiger partial charge in [-0.2, -0.15) is 0 Å². The van der Waals surface area contributed by atoms with Crippen molar-refractivity contribution in [2.45, 2.75) is 59.4 Å². The first-order valence-electron chi connectivity index (χ1n) is 6.74. The third kappa shape index (κ3) is 6.91. The second-order valence-electron chi connectivity index (χ2n) is 4.25. The van der Waals surface area contributed by atoms with Gasteiger partial charge in [0.25, 0.3) is 0 Å². The molecule has 0 aromatic heterocycles. The Morgan fingerprint density at radius 1 is 1.07 bits per heavy atom. The molecule has 0 aliphatic carbocycles. The van der Waals surface area contributed by atoms with E-state index in [-0.39, 0.29) is 0 Å². The molecule has 0 radical (unpaired) electrons. The zero-order valence-corrected chi connectivity index (χ0v) is 11.2. The number of nitrogens with zero attached hydrogens (tertiary/aromatic N) is 1. The van der Waals surface area contributed by atoms with Crippen LogP contribution in [0.2, 0.25) is 0 Å². The summed E-state index contributed by atoms with van der Waals surface area (Å²) in [6.45, 7) is 13.8. The summed E-state index contributed by atoms with van der Waals surface area (Å²) in [4.78, 5) is 2.62. The van der Waals surface area contributed by atoms with Gasteiger partial charge in [0.2, 0.25) is 0 Å². The van der Waals surface area contributed by atoms with Crippen LogP contribution in [-0.2, 0) is 0 Å². The largest absolute Gasteiger partial charge is 0.315 e. The maximum atomic E-state index is 3.54. The van der Waals surface area contributed by atoms with E-state index in [1.165, 1.54) is 38.8 Å². The van der Waals surface area contributed by atoms with Gasteiger partial charge in [-0.1, -0.05) is 34.1 Å². The summed E-state index contributed by atoms with van der Waals surface area (Å²) < 4.78 is 0. The number of nitrogens with one attached hydrogen (secondary N) is 1.